The summed E-state index contributed by atoms with van der Waals surface area (Å²) in [4.78, 5) is 1.48. The number of nitrogens with one attached hydrogen (secondary N) is 1. The highest BCUT2D eigenvalue weighted by Gasteiger charge is 2.29. The zero-order valence-corrected chi connectivity index (χ0v) is 6.51. The zero-order chi connectivity index (χ0) is 8.39. The molecule has 0 aliphatic carbocycles. The Hall–Kier alpha value is -1.41. The second-order valence-corrected chi connectivity index (χ2v) is 2.84. The van der Waals surface area contributed by atoms with Crippen LogP contribution in [0.2, 0.25) is 0 Å². The SMILES string of the molecule is N#CC(C1CNC1)n1nccn1. The van der Waals surface area contributed by atoms with Crippen LogP contribution in [0.25, 0.3) is 0 Å². The molecule has 1 unspecified atom stereocenters. The topological polar surface area (TPSA) is 66.5 Å². The average Bonchev–Trinajstić information content (AvgIpc) is 2.47. The first-order chi connectivity index (χ1) is 5.92. The largest absolute Gasteiger partial charge is 0.316 e. The van der Waals surface area contributed by atoms with E-state index in [9.17, 15) is 0 Å². The van der Waals surface area contributed by atoms with Gasteiger partial charge in [-0.05, 0) is 0 Å². The van der Waals surface area contributed by atoms with Gasteiger partial charge in [0, 0.05) is 19.0 Å². The molecular formula is C7H9N5. The summed E-state index contributed by atoms with van der Waals surface area (Å²) in [6.45, 7) is 1.78. The van der Waals surface area contributed by atoms with Crippen LogP contribution in [-0.4, -0.2) is 28.1 Å². The molecule has 0 amide bonds. The lowest BCUT2D eigenvalue weighted by Gasteiger charge is -2.29. The summed E-state index contributed by atoms with van der Waals surface area (Å²) >= 11 is 0. The first-order valence-corrected chi connectivity index (χ1v) is 3.88. The predicted octanol–water partition coefficient (Wildman–Crippen LogP) is -0.438. The Morgan fingerprint density at radius 3 is 2.58 bits per heavy atom. The van der Waals surface area contributed by atoms with Crippen molar-refractivity contribution in [2.45, 2.75) is 6.04 Å². The van der Waals surface area contributed by atoms with Crippen LogP contribution < -0.4 is 5.32 Å². The standard InChI is InChI=1S/C7H9N5/c8-3-7(6-4-9-5-6)12-10-1-2-11-12/h1-2,6-7,9H,4-5H2. The summed E-state index contributed by atoms with van der Waals surface area (Å²) in [7, 11) is 0. The second-order valence-electron chi connectivity index (χ2n) is 2.84. The maximum absolute atomic E-state index is 8.85. The van der Waals surface area contributed by atoms with Crippen molar-refractivity contribution in [2.24, 2.45) is 5.92 Å². The molecule has 1 aromatic heterocycles. The lowest BCUT2D eigenvalue weighted by Crippen LogP contribution is -2.46. The maximum atomic E-state index is 8.85. The van der Waals surface area contributed by atoms with Crippen LogP contribution in [0.1, 0.15) is 6.04 Å². The summed E-state index contributed by atoms with van der Waals surface area (Å²) in [6.07, 6.45) is 3.19. The van der Waals surface area contributed by atoms with E-state index in [2.05, 4.69) is 21.6 Å². The van der Waals surface area contributed by atoms with E-state index < -0.39 is 0 Å². The van der Waals surface area contributed by atoms with Gasteiger partial charge in [0.15, 0.2) is 6.04 Å². The van der Waals surface area contributed by atoms with Crippen LogP contribution in [0.3, 0.4) is 0 Å². The maximum Gasteiger partial charge on any atom is 0.163 e. The van der Waals surface area contributed by atoms with Crippen LogP contribution in [0.4, 0.5) is 0 Å². The molecule has 5 nitrogen and oxygen atoms in total. The molecule has 1 atom stereocenters. The van der Waals surface area contributed by atoms with Crippen LogP contribution in [-0.2, 0) is 0 Å². The Bertz CT molecular complexity index is 281. The molecule has 2 heterocycles. The molecule has 0 aromatic carbocycles. The number of hydrogen-bond acceptors (Lipinski definition) is 4. The number of aromatic nitrogens is 3. The fraction of sp³-hybridized carbons (Fsp3) is 0.571. The van der Waals surface area contributed by atoms with Gasteiger partial charge in [-0.2, -0.15) is 20.3 Å². The summed E-state index contributed by atoms with van der Waals surface area (Å²) in [5.41, 5.74) is 0. The fourth-order valence-corrected chi connectivity index (χ4v) is 1.25. The Morgan fingerprint density at radius 2 is 2.17 bits per heavy atom. The van der Waals surface area contributed by atoms with Crippen molar-refractivity contribution >= 4 is 0 Å². The van der Waals surface area contributed by atoms with E-state index in [0.717, 1.165) is 13.1 Å². The van der Waals surface area contributed by atoms with Gasteiger partial charge < -0.3 is 5.32 Å². The lowest BCUT2D eigenvalue weighted by atomic mass is 9.95. The van der Waals surface area contributed by atoms with Gasteiger partial charge in [-0.1, -0.05) is 0 Å². The van der Waals surface area contributed by atoms with Gasteiger partial charge in [-0.25, -0.2) is 0 Å². The molecule has 62 valence electrons. The van der Waals surface area contributed by atoms with E-state index in [1.54, 1.807) is 12.4 Å². The molecule has 1 N–H and O–H groups in total. The first kappa shape index (κ1) is 7.25. The molecule has 12 heavy (non-hydrogen) atoms. The number of nitriles is 1. The first-order valence-electron chi connectivity index (χ1n) is 3.88. The van der Waals surface area contributed by atoms with Crippen LogP contribution in [0.15, 0.2) is 12.4 Å². The van der Waals surface area contributed by atoms with E-state index in [1.807, 2.05) is 0 Å². The van der Waals surface area contributed by atoms with E-state index in [4.69, 9.17) is 5.26 Å². The van der Waals surface area contributed by atoms with Crippen molar-refractivity contribution in [2.75, 3.05) is 13.1 Å². The van der Waals surface area contributed by atoms with Gasteiger partial charge in [-0.3, -0.25) is 0 Å². The fourth-order valence-electron chi connectivity index (χ4n) is 1.25. The van der Waals surface area contributed by atoms with Crippen molar-refractivity contribution in [1.82, 2.24) is 20.3 Å². The Labute approximate surface area is 70.0 Å². The molecule has 2 rings (SSSR count). The summed E-state index contributed by atoms with van der Waals surface area (Å²) in [5.74, 6) is 0.363. The van der Waals surface area contributed by atoms with Crippen LogP contribution in [0.5, 0.6) is 0 Å². The van der Waals surface area contributed by atoms with Crippen LogP contribution >= 0.6 is 0 Å². The van der Waals surface area contributed by atoms with E-state index >= 15 is 0 Å². The highest BCUT2D eigenvalue weighted by Crippen LogP contribution is 2.18. The molecule has 0 saturated carbocycles. The highest BCUT2D eigenvalue weighted by molar-refractivity contribution is 4.96. The Kier molecular flexibility index (Phi) is 1.76. The normalized spacial score (nSPS) is 19.6. The molecule has 1 aliphatic rings. The van der Waals surface area contributed by atoms with Crippen molar-refractivity contribution in [3.8, 4) is 6.07 Å². The number of rotatable bonds is 2. The molecule has 1 fully saturated rings. The quantitative estimate of drug-likeness (QED) is 0.642. The van der Waals surface area contributed by atoms with Gasteiger partial charge in [-0.15, -0.1) is 0 Å². The number of hydrogen-bond donors (Lipinski definition) is 1. The number of nitrogens with zero attached hydrogens (tertiary/aromatic N) is 4. The van der Waals surface area contributed by atoms with Crippen molar-refractivity contribution in [3.63, 3.8) is 0 Å². The third-order valence-electron chi connectivity index (χ3n) is 2.08. The monoisotopic (exact) mass is 163 g/mol. The third kappa shape index (κ3) is 1.06. The zero-order valence-electron chi connectivity index (χ0n) is 6.51. The molecular weight excluding hydrogens is 154 g/mol. The van der Waals surface area contributed by atoms with Crippen molar-refractivity contribution in [3.05, 3.63) is 12.4 Å². The van der Waals surface area contributed by atoms with Gasteiger partial charge >= 0.3 is 0 Å². The second kappa shape index (κ2) is 2.91. The minimum absolute atomic E-state index is 0.207. The molecule has 5 heteroatoms. The lowest BCUT2D eigenvalue weighted by molar-refractivity contribution is 0.248. The van der Waals surface area contributed by atoms with Crippen molar-refractivity contribution in [1.29, 1.82) is 5.26 Å². The average molecular weight is 163 g/mol. The van der Waals surface area contributed by atoms with Crippen LogP contribution in [0, 0.1) is 17.2 Å². The highest BCUT2D eigenvalue weighted by atomic mass is 15.5. The molecule has 1 aliphatic heterocycles. The predicted molar refractivity (Wildman–Crippen MR) is 41.0 cm³/mol. The van der Waals surface area contributed by atoms with E-state index in [1.165, 1.54) is 4.80 Å². The molecule has 0 bridgehead atoms. The summed E-state index contributed by atoms with van der Waals surface area (Å²) < 4.78 is 0. The Balaban J connectivity index is 2.14. The Morgan fingerprint density at radius 1 is 1.50 bits per heavy atom. The minimum atomic E-state index is -0.207. The van der Waals surface area contributed by atoms with E-state index in [0.29, 0.717) is 5.92 Å². The third-order valence-corrected chi connectivity index (χ3v) is 2.08. The van der Waals surface area contributed by atoms with Crippen molar-refractivity contribution < 1.29 is 0 Å². The summed E-state index contributed by atoms with van der Waals surface area (Å²) in [5, 5.41) is 19.9. The minimum Gasteiger partial charge on any atom is -0.316 e. The molecule has 0 radical (unpaired) electrons. The molecule has 1 aromatic rings. The van der Waals surface area contributed by atoms with E-state index in [-0.39, 0.29) is 6.04 Å². The van der Waals surface area contributed by atoms with Gasteiger partial charge in [0.25, 0.3) is 0 Å². The van der Waals surface area contributed by atoms with Gasteiger partial charge in [0.1, 0.15) is 0 Å². The molecule has 0 spiro atoms. The summed E-state index contributed by atoms with van der Waals surface area (Å²) in [6, 6.07) is 2.00. The molecule has 1 saturated heterocycles. The van der Waals surface area contributed by atoms with Gasteiger partial charge in [0.2, 0.25) is 0 Å². The smallest absolute Gasteiger partial charge is 0.163 e. The van der Waals surface area contributed by atoms with Gasteiger partial charge in [0.05, 0.1) is 18.5 Å².